The molecule has 2 N–H and O–H groups in total. The van der Waals surface area contributed by atoms with Gasteiger partial charge in [0.2, 0.25) is 15.9 Å². The second-order valence-electron chi connectivity index (χ2n) is 9.82. The second-order valence-corrected chi connectivity index (χ2v) is 12.4. The zero-order valence-electron chi connectivity index (χ0n) is 20.5. The molecule has 0 aliphatic carbocycles. The molecule has 9 nitrogen and oxygen atoms in total. The molecule has 0 saturated carbocycles. The molecule has 0 spiro atoms. The Morgan fingerprint density at radius 3 is 2.38 bits per heavy atom. The molecule has 34 heavy (non-hydrogen) atoms. The Labute approximate surface area is 206 Å². The van der Waals surface area contributed by atoms with E-state index in [1.165, 1.54) is 18.4 Å². The average molecular weight is 511 g/mol. The molecule has 0 aliphatic heterocycles. The van der Waals surface area contributed by atoms with Crippen LogP contribution in [0.3, 0.4) is 0 Å². The molecule has 2 aromatic rings. The van der Waals surface area contributed by atoms with Crippen LogP contribution >= 0.6 is 11.3 Å². The molecule has 0 bridgehead atoms. The van der Waals surface area contributed by atoms with E-state index in [1.54, 1.807) is 19.2 Å². The van der Waals surface area contributed by atoms with Crippen molar-refractivity contribution in [1.82, 2.24) is 15.0 Å². The molecule has 11 heteroatoms. The van der Waals surface area contributed by atoms with Crippen molar-refractivity contribution < 1.29 is 22.7 Å². The van der Waals surface area contributed by atoms with Crippen LogP contribution in [-0.4, -0.2) is 58.3 Å². The number of nitrogens with zero attached hydrogens (tertiary/aromatic N) is 2. The molecule has 2 rings (SSSR count). The molecule has 1 heterocycles. The molecule has 0 aliphatic rings. The Balaban J connectivity index is 1.92. The number of methoxy groups -OCH3 is 1. The number of nitrogens with one attached hydrogen (secondary N) is 2. The molecular formula is C23H34N4O5S2. The van der Waals surface area contributed by atoms with E-state index < -0.39 is 26.8 Å². The number of sulfonamides is 1. The highest BCUT2D eigenvalue weighted by Gasteiger charge is 2.30. The third-order valence-corrected chi connectivity index (χ3v) is 7.52. The zero-order valence-corrected chi connectivity index (χ0v) is 22.2. The summed E-state index contributed by atoms with van der Waals surface area (Å²) in [7, 11) is -0.490. The summed E-state index contributed by atoms with van der Waals surface area (Å²) in [6.07, 6.45) is 0.0147. The van der Waals surface area contributed by atoms with Gasteiger partial charge >= 0.3 is 0 Å². The van der Waals surface area contributed by atoms with E-state index in [9.17, 15) is 18.0 Å². The Morgan fingerprint density at radius 2 is 1.76 bits per heavy atom. The zero-order chi connectivity index (χ0) is 25.6. The quantitative estimate of drug-likeness (QED) is 0.450. The first-order chi connectivity index (χ1) is 15.7. The Morgan fingerprint density at radius 1 is 1.12 bits per heavy atom. The number of hydrogen-bond acceptors (Lipinski definition) is 8. The number of anilines is 2. The second kappa shape index (κ2) is 11.3. The highest BCUT2D eigenvalue weighted by atomic mass is 32.2. The summed E-state index contributed by atoms with van der Waals surface area (Å²) in [5, 5.41) is 5.08. The van der Waals surface area contributed by atoms with Gasteiger partial charge in [0, 0.05) is 38.2 Å². The van der Waals surface area contributed by atoms with Crippen molar-refractivity contribution in [1.29, 1.82) is 0 Å². The van der Waals surface area contributed by atoms with Crippen LogP contribution in [0.15, 0.2) is 35.7 Å². The van der Waals surface area contributed by atoms with Gasteiger partial charge in [-0.15, -0.1) is 11.3 Å². The highest BCUT2D eigenvalue weighted by molar-refractivity contribution is 7.90. The third kappa shape index (κ3) is 8.69. The fraction of sp³-hybridized carbons (Fsp3) is 0.522. The summed E-state index contributed by atoms with van der Waals surface area (Å²) >= 11 is 1.34. The van der Waals surface area contributed by atoms with Crippen molar-refractivity contribution in [3.05, 3.63) is 41.4 Å². The first kappa shape index (κ1) is 27.7. The maximum atomic E-state index is 12.6. The standard InChI is InChI=1S/C23H34N4O5S2/c1-22(2,15-32-6)12-19(28)26-34(30,31)16-23(3,4)14-24-20(29)18-13-33-21(25-18)27(5)17-10-8-7-9-11-17/h7-11,13H,12,14-16H2,1-6H3,(H,24,29)(H,26,28). The minimum Gasteiger partial charge on any atom is -0.384 e. The van der Waals surface area contributed by atoms with E-state index in [0.717, 1.165) is 5.69 Å². The van der Waals surface area contributed by atoms with E-state index in [-0.39, 0.29) is 30.3 Å². The van der Waals surface area contributed by atoms with Gasteiger partial charge in [-0.1, -0.05) is 45.9 Å². The summed E-state index contributed by atoms with van der Waals surface area (Å²) in [6, 6.07) is 9.66. The van der Waals surface area contributed by atoms with E-state index in [0.29, 0.717) is 11.7 Å². The first-order valence-electron chi connectivity index (χ1n) is 10.8. The number of ether oxygens (including phenoxy) is 1. The van der Waals surface area contributed by atoms with Crippen molar-refractivity contribution >= 4 is 44.0 Å². The maximum absolute atomic E-state index is 12.6. The predicted octanol–water partition coefficient (Wildman–Crippen LogP) is 3.18. The van der Waals surface area contributed by atoms with Crippen LogP contribution in [0.4, 0.5) is 10.8 Å². The molecule has 1 aromatic heterocycles. The Bertz CT molecular complexity index is 1080. The van der Waals surface area contributed by atoms with Crippen molar-refractivity contribution in [2.75, 3.05) is 38.0 Å². The Hall–Kier alpha value is -2.50. The number of aromatic nitrogens is 1. The number of hydrogen-bond donors (Lipinski definition) is 2. The fourth-order valence-electron chi connectivity index (χ4n) is 3.38. The molecule has 0 atom stereocenters. The van der Waals surface area contributed by atoms with E-state index in [1.807, 2.05) is 56.1 Å². The average Bonchev–Trinajstić information content (AvgIpc) is 3.20. The summed E-state index contributed by atoms with van der Waals surface area (Å²) < 4.78 is 32.3. The van der Waals surface area contributed by atoms with E-state index >= 15 is 0 Å². The lowest BCUT2D eigenvalue weighted by molar-refractivity contribution is -0.122. The monoisotopic (exact) mass is 510 g/mol. The Kier molecular flexibility index (Phi) is 9.21. The normalized spacial score (nSPS) is 12.3. The number of benzene rings is 1. The van der Waals surface area contributed by atoms with Crippen LogP contribution in [0.1, 0.15) is 44.6 Å². The smallest absolute Gasteiger partial charge is 0.270 e. The van der Waals surface area contributed by atoms with Crippen LogP contribution in [0.2, 0.25) is 0 Å². The summed E-state index contributed by atoms with van der Waals surface area (Å²) in [6.45, 7) is 7.49. The number of carbonyl (C=O) groups excluding carboxylic acids is 2. The molecule has 2 amide bonds. The van der Waals surface area contributed by atoms with Gasteiger partial charge in [0.05, 0.1) is 12.4 Å². The van der Waals surface area contributed by atoms with E-state index in [4.69, 9.17) is 4.74 Å². The van der Waals surface area contributed by atoms with Gasteiger partial charge in [0.25, 0.3) is 5.91 Å². The van der Waals surface area contributed by atoms with Crippen LogP contribution in [0.5, 0.6) is 0 Å². The minimum absolute atomic E-state index is 0.0147. The van der Waals surface area contributed by atoms with Gasteiger partial charge in [0.1, 0.15) is 5.69 Å². The number of thiazole rings is 1. The topological polar surface area (TPSA) is 118 Å². The fourth-order valence-corrected chi connectivity index (χ4v) is 5.80. The van der Waals surface area contributed by atoms with Gasteiger partial charge in [-0.2, -0.15) is 0 Å². The largest absolute Gasteiger partial charge is 0.384 e. The number of rotatable bonds is 12. The van der Waals surface area contributed by atoms with Gasteiger partial charge in [-0.3, -0.25) is 14.3 Å². The van der Waals surface area contributed by atoms with Crippen LogP contribution in [-0.2, 0) is 19.6 Å². The third-order valence-electron chi connectivity index (χ3n) is 4.91. The molecular weight excluding hydrogens is 476 g/mol. The first-order valence-corrected chi connectivity index (χ1v) is 13.3. The van der Waals surface area contributed by atoms with Crippen LogP contribution in [0, 0.1) is 10.8 Å². The van der Waals surface area contributed by atoms with Gasteiger partial charge in [0.15, 0.2) is 5.13 Å². The maximum Gasteiger partial charge on any atom is 0.270 e. The van der Waals surface area contributed by atoms with Crippen molar-refractivity contribution in [2.24, 2.45) is 10.8 Å². The number of amides is 2. The summed E-state index contributed by atoms with van der Waals surface area (Å²) in [5.41, 5.74) is -0.0969. The van der Waals surface area contributed by atoms with Crippen molar-refractivity contribution in [2.45, 2.75) is 34.1 Å². The summed E-state index contributed by atoms with van der Waals surface area (Å²) in [5.74, 6) is -1.30. The molecule has 0 fully saturated rings. The van der Waals surface area contributed by atoms with Gasteiger partial charge < -0.3 is 15.0 Å². The number of para-hydroxylation sites is 1. The van der Waals surface area contributed by atoms with Crippen LogP contribution < -0.4 is 14.9 Å². The molecule has 188 valence electrons. The van der Waals surface area contributed by atoms with Crippen molar-refractivity contribution in [3.63, 3.8) is 0 Å². The summed E-state index contributed by atoms with van der Waals surface area (Å²) in [4.78, 5) is 31.1. The van der Waals surface area contributed by atoms with Gasteiger partial charge in [-0.05, 0) is 23.0 Å². The molecule has 0 unspecified atom stereocenters. The van der Waals surface area contributed by atoms with E-state index in [2.05, 4.69) is 15.0 Å². The lowest BCUT2D eigenvalue weighted by Gasteiger charge is -2.26. The van der Waals surface area contributed by atoms with Crippen LogP contribution in [0.25, 0.3) is 0 Å². The van der Waals surface area contributed by atoms with Gasteiger partial charge in [-0.25, -0.2) is 13.4 Å². The van der Waals surface area contributed by atoms with Crippen molar-refractivity contribution in [3.8, 4) is 0 Å². The molecule has 1 aromatic carbocycles. The lowest BCUT2D eigenvalue weighted by atomic mass is 9.90. The highest BCUT2D eigenvalue weighted by Crippen LogP contribution is 2.27. The lowest BCUT2D eigenvalue weighted by Crippen LogP contribution is -2.43. The predicted molar refractivity (Wildman–Crippen MR) is 135 cm³/mol. The molecule has 0 radical (unpaired) electrons. The minimum atomic E-state index is -3.89. The SMILES string of the molecule is COCC(C)(C)CC(=O)NS(=O)(=O)CC(C)(C)CNC(=O)c1csc(N(C)c2ccccc2)n1. The number of carbonyl (C=O) groups is 2. The molecule has 0 saturated heterocycles.